The molecule has 0 fully saturated rings. The van der Waals surface area contributed by atoms with Crippen LogP contribution in [0.4, 0.5) is 8.78 Å². The van der Waals surface area contributed by atoms with Gasteiger partial charge in [0.15, 0.2) is 0 Å². The third kappa shape index (κ3) is 3.57. The number of hydrogen-bond acceptors (Lipinski definition) is 3. The van der Waals surface area contributed by atoms with E-state index >= 15 is 0 Å². The minimum Gasteiger partial charge on any atom is -0.477 e. The van der Waals surface area contributed by atoms with Crippen LogP contribution in [0.1, 0.15) is 5.56 Å². The summed E-state index contributed by atoms with van der Waals surface area (Å²) < 4.78 is 28.3. The van der Waals surface area contributed by atoms with E-state index in [9.17, 15) is 13.6 Å². The molecule has 0 spiro atoms. The van der Waals surface area contributed by atoms with E-state index in [1.165, 1.54) is 30.3 Å². The maximum absolute atomic E-state index is 12.1. The maximum atomic E-state index is 12.1. The first kappa shape index (κ1) is 12.6. The third-order valence-corrected chi connectivity index (χ3v) is 1.79. The highest BCUT2D eigenvalue weighted by molar-refractivity contribution is 5.96. The van der Waals surface area contributed by atoms with Crippen LogP contribution < -0.4 is 4.74 Å². The quantitative estimate of drug-likeness (QED) is 0.646. The number of ether oxygens (including phenoxy) is 1. The molecule has 0 aliphatic heterocycles. The Labute approximate surface area is 95.4 Å². The zero-order chi connectivity index (χ0) is 12.8. The first-order chi connectivity index (χ1) is 8.04. The Balaban J connectivity index is 3.14. The summed E-state index contributed by atoms with van der Waals surface area (Å²) in [5.41, 5.74) is -0.456. The smallest absolute Gasteiger partial charge is 0.387 e. The summed E-state index contributed by atoms with van der Waals surface area (Å²) in [6.07, 6.45) is 0.972. The average Bonchev–Trinajstić information content (AvgIpc) is 2.26. The van der Waals surface area contributed by atoms with Crippen molar-refractivity contribution in [1.82, 2.24) is 0 Å². The summed E-state index contributed by atoms with van der Waals surface area (Å²) in [4.78, 5) is 10.6. The molecule has 0 saturated carbocycles. The van der Waals surface area contributed by atoms with E-state index in [0.717, 1.165) is 6.08 Å². The minimum absolute atomic E-state index is 0.103. The van der Waals surface area contributed by atoms with E-state index in [0.29, 0.717) is 0 Å². The SMILES string of the molecule is N#C/C(=C\c1ccccc1OC(F)F)C(=O)O. The van der Waals surface area contributed by atoms with Gasteiger partial charge >= 0.3 is 12.6 Å². The van der Waals surface area contributed by atoms with Gasteiger partial charge in [0, 0.05) is 5.56 Å². The van der Waals surface area contributed by atoms with E-state index in [1.807, 2.05) is 0 Å². The van der Waals surface area contributed by atoms with Crippen molar-refractivity contribution in [3.8, 4) is 11.8 Å². The number of para-hydroxylation sites is 1. The summed E-state index contributed by atoms with van der Waals surface area (Å²) in [6, 6.07) is 7.06. The summed E-state index contributed by atoms with van der Waals surface area (Å²) in [7, 11) is 0. The number of carboxylic acids is 1. The van der Waals surface area contributed by atoms with Crippen molar-refractivity contribution in [3.63, 3.8) is 0 Å². The molecule has 4 nitrogen and oxygen atoms in total. The molecule has 17 heavy (non-hydrogen) atoms. The number of halogens is 2. The van der Waals surface area contributed by atoms with Crippen LogP contribution in [0.15, 0.2) is 29.8 Å². The molecule has 0 heterocycles. The molecule has 0 saturated heterocycles. The van der Waals surface area contributed by atoms with Crippen LogP contribution in [-0.4, -0.2) is 17.7 Å². The molecule has 0 aromatic heterocycles. The molecule has 0 bridgehead atoms. The minimum atomic E-state index is -3.01. The molecule has 0 atom stereocenters. The van der Waals surface area contributed by atoms with Gasteiger partial charge in [0.05, 0.1) is 0 Å². The van der Waals surface area contributed by atoms with E-state index in [1.54, 1.807) is 0 Å². The highest BCUT2D eigenvalue weighted by Crippen LogP contribution is 2.22. The predicted octanol–water partition coefficient (Wildman–Crippen LogP) is 2.28. The monoisotopic (exact) mass is 239 g/mol. The van der Waals surface area contributed by atoms with Crippen molar-refractivity contribution in [3.05, 3.63) is 35.4 Å². The number of carbonyl (C=O) groups is 1. The van der Waals surface area contributed by atoms with Crippen LogP contribution in [0.3, 0.4) is 0 Å². The normalized spacial score (nSPS) is 11.1. The van der Waals surface area contributed by atoms with Gasteiger partial charge in [-0.3, -0.25) is 0 Å². The van der Waals surface area contributed by atoms with E-state index in [4.69, 9.17) is 10.4 Å². The van der Waals surface area contributed by atoms with Crippen LogP contribution in [-0.2, 0) is 4.79 Å². The van der Waals surface area contributed by atoms with Crippen molar-refractivity contribution in [2.75, 3.05) is 0 Å². The second-order valence-corrected chi connectivity index (χ2v) is 2.89. The molecule has 0 unspecified atom stereocenters. The van der Waals surface area contributed by atoms with Crippen LogP contribution in [0, 0.1) is 11.3 Å². The third-order valence-electron chi connectivity index (χ3n) is 1.79. The lowest BCUT2D eigenvalue weighted by Gasteiger charge is -2.07. The van der Waals surface area contributed by atoms with E-state index in [2.05, 4.69) is 4.74 Å². The molecular weight excluding hydrogens is 232 g/mol. The molecule has 1 aromatic rings. The molecule has 1 aromatic carbocycles. The first-order valence-electron chi connectivity index (χ1n) is 4.43. The number of hydrogen-bond donors (Lipinski definition) is 1. The van der Waals surface area contributed by atoms with Gasteiger partial charge in [0.1, 0.15) is 17.4 Å². The lowest BCUT2D eigenvalue weighted by atomic mass is 10.1. The molecule has 88 valence electrons. The Morgan fingerprint density at radius 2 is 2.12 bits per heavy atom. The fourth-order valence-electron chi connectivity index (χ4n) is 1.10. The second kappa shape index (κ2) is 5.61. The fourth-order valence-corrected chi connectivity index (χ4v) is 1.10. The number of nitrogens with zero attached hydrogens (tertiary/aromatic N) is 1. The van der Waals surface area contributed by atoms with Gasteiger partial charge in [-0.1, -0.05) is 18.2 Å². The second-order valence-electron chi connectivity index (χ2n) is 2.89. The standard InChI is InChI=1S/C11H7F2NO3/c12-11(13)17-9-4-2-1-3-7(9)5-8(6-14)10(15)16/h1-5,11H,(H,15,16)/b8-5+. The summed E-state index contributed by atoms with van der Waals surface area (Å²) >= 11 is 0. The lowest BCUT2D eigenvalue weighted by molar-refractivity contribution is -0.132. The topological polar surface area (TPSA) is 70.3 Å². The Kier molecular flexibility index (Phi) is 4.17. The largest absolute Gasteiger partial charge is 0.477 e. The van der Waals surface area contributed by atoms with E-state index < -0.39 is 18.2 Å². The molecular formula is C11H7F2NO3. The Morgan fingerprint density at radius 1 is 1.47 bits per heavy atom. The highest BCUT2D eigenvalue weighted by atomic mass is 19.3. The van der Waals surface area contributed by atoms with E-state index in [-0.39, 0.29) is 11.3 Å². The molecule has 1 N–H and O–H groups in total. The first-order valence-corrected chi connectivity index (χ1v) is 4.43. The van der Waals surface area contributed by atoms with Gasteiger partial charge in [0.2, 0.25) is 0 Å². The van der Waals surface area contributed by atoms with Gasteiger partial charge in [-0.05, 0) is 12.1 Å². The molecule has 6 heteroatoms. The summed E-state index contributed by atoms with van der Waals surface area (Å²) in [5, 5.41) is 17.2. The molecule has 0 aliphatic carbocycles. The van der Waals surface area contributed by atoms with Crippen molar-refractivity contribution < 1.29 is 23.4 Å². The van der Waals surface area contributed by atoms with Gasteiger partial charge in [-0.15, -0.1) is 0 Å². The number of alkyl halides is 2. The van der Waals surface area contributed by atoms with Gasteiger partial charge < -0.3 is 9.84 Å². The Morgan fingerprint density at radius 3 is 2.65 bits per heavy atom. The zero-order valence-electron chi connectivity index (χ0n) is 8.43. The van der Waals surface area contributed by atoms with Crippen molar-refractivity contribution in [2.45, 2.75) is 6.61 Å². The lowest BCUT2D eigenvalue weighted by Crippen LogP contribution is -2.04. The fraction of sp³-hybridized carbons (Fsp3) is 0.0909. The van der Waals surface area contributed by atoms with Crippen LogP contribution in [0.25, 0.3) is 6.08 Å². The van der Waals surface area contributed by atoms with Crippen LogP contribution >= 0.6 is 0 Å². The van der Waals surface area contributed by atoms with Crippen LogP contribution in [0.2, 0.25) is 0 Å². The number of carboxylic acid groups (broad SMARTS) is 1. The van der Waals surface area contributed by atoms with Gasteiger partial charge in [-0.25, -0.2) is 4.79 Å². The van der Waals surface area contributed by atoms with Gasteiger partial charge in [0.25, 0.3) is 0 Å². The maximum Gasteiger partial charge on any atom is 0.387 e. The number of benzene rings is 1. The van der Waals surface area contributed by atoms with Crippen molar-refractivity contribution in [1.29, 1.82) is 5.26 Å². The van der Waals surface area contributed by atoms with Crippen molar-refractivity contribution >= 4 is 12.0 Å². The number of rotatable bonds is 4. The molecule has 0 radical (unpaired) electrons. The highest BCUT2D eigenvalue weighted by Gasteiger charge is 2.11. The Hall–Kier alpha value is -2.42. The molecule has 1 rings (SSSR count). The van der Waals surface area contributed by atoms with Crippen LogP contribution in [0.5, 0.6) is 5.75 Å². The average molecular weight is 239 g/mol. The predicted molar refractivity (Wildman–Crippen MR) is 54.3 cm³/mol. The zero-order valence-corrected chi connectivity index (χ0v) is 8.43. The van der Waals surface area contributed by atoms with Crippen molar-refractivity contribution in [2.24, 2.45) is 0 Å². The summed E-state index contributed by atoms with van der Waals surface area (Å²) in [6.45, 7) is -3.01. The molecule has 0 amide bonds. The Bertz CT molecular complexity index is 492. The number of nitriles is 1. The summed E-state index contributed by atoms with van der Waals surface area (Å²) in [5.74, 6) is -1.61. The van der Waals surface area contributed by atoms with Gasteiger partial charge in [-0.2, -0.15) is 14.0 Å². The molecule has 0 aliphatic rings. The number of aliphatic carboxylic acids is 1.